The summed E-state index contributed by atoms with van der Waals surface area (Å²) < 4.78 is 68.4. The van der Waals surface area contributed by atoms with Crippen LogP contribution in [-0.2, 0) is 65.4 Å². The minimum Gasteiger partial charge on any atom is -0.462 e. The van der Waals surface area contributed by atoms with E-state index in [1.165, 1.54) is 193 Å². The standard InChI is InChI=1S/C74H144O17P2/c1-7-9-11-13-15-17-19-21-22-23-24-25-26-27-28-29-31-33-38-46-52-58-73(78)90-69(62-84-71(76)56-50-44-37-32-30-20-18-16-14-12-10-8-2)64-88-92(80,81)86-60-68(75)61-87-93(82,83)89-65-70(63-85-72(77)57-51-45-41-40-43-49-55-67(5)6)91-74(79)59-53-47-39-35-34-36-42-48-54-66(3)4/h66-70,75H,7-65H2,1-6H3,(H,80,81)(H,82,83)/t68-,69-,70-/m1/s1. The molecule has 0 spiro atoms. The molecule has 0 rings (SSSR count). The lowest BCUT2D eigenvalue weighted by atomic mass is 10.0. The van der Waals surface area contributed by atoms with E-state index in [4.69, 9.17) is 37.0 Å². The first-order chi connectivity index (χ1) is 44.9. The van der Waals surface area contributed by atoms with Crippen LogP contribution in [0.2, 0.25) is 0 Å². The van der Waals surface area contributed by atoms with E-state index in [9.17, 15) is 43.2 Å². The molecule has 0 heterocycles. The Labute approximate surface area is 568 Å². The molecule has 0 saturated heterocycles. The smallest absolute Gasteiger partial charge is 0.462 e. The number of hydrogen-bond donors (Lipinski definition) is 3. The van der Waals surface area contributed by atoms with Gasteiger partial charge in [-0.2, -0.15) is 0 Å². The summed E-state index contributed by atoms with van der Waals surface area (Å²) in [5.41, 5.74) is 0. The molecule has 5 atom stereocenters. The normalized spacial score (nSPS) is 14.1. The molecule has 0 aliphatic carbocycles. The third kappa shape index (κ3) is 68.4. The predicted octanol–water partition coefficient (Wildman–Crippen LogP) is 21.6. The summed E-state index contributed by atoms with van der Waals surface area (Å²) in [7, 11) is -9.90. The molecule has 0 aromatic rings. The maximum absolute atomic E-state index is 13.1. The molecule has 552 valence electrons. The van der Waals surface area contributed by atoms with Crippen LogP contribution in [-0.4, -0.2) is 96.7 Å². The van der Waals surface area contributed by atoms with E-state index < -0.39 is 97.5 Å². The van der Waals surface area contributed by atoms with Crippen molar-refractivity contribution in [3.8, 4) is 0 Å². The van der Waals surface area contributed by atoms with Gasteiger partial charge in [0.15, 0.2) is 12.2 Å². The largest absolute Gasteiger partial charge is 0.472 e. The van der Waals surface area contributed by atoms with Crippen LogP contribution in [0, 0.1) is 11.8 Å². The fourth-order valence-electron chi connectivity index (χ4n) is 11.3. The van der Waals surface area contributed by atoms with Gasteiger partial charge in [-0.05, 0) is 37.5 Å². The molecular weight excluding hydrogens is 1220 g/mol. The maximum Gasteiger partial charge on any atom is 0.472 e. The second-order valence-corrected chi connectivity index (χ2v) is 30.5. The number of esters is 4. The molecule has 0 aromatic heterocycles. The van der Waals surface area contributed by atoms with Gasteiger partial charge in [-0.3, -0.25) is 37.3 Å². The highest BCUT2D eigenvalue weighted by atomic mass is 31.2. The highest BCUT2D eigenvalue weighted by molar-refractivity contribution is 7.47. The molecular formula is C74H144O17P2. The molecule has 3 N–H and O–H groups in total. The third-order valence-electron chi connectivity index (χ3n) is 17.2. The van der Waals surface area contributed by atoms with E-state index in [1.54, 1.807) is 0 Å². The van der Waals surface area contributed by atoms with E-state index in [0.717, 1.165) is 102 Å². The first-order valence-electron chi connectivity index (χ1n) is 38.5. The summed E-state index contributed by atoms with van der Waals surface area (Å²) in [6, 6.07) is 0. The number of phosphoric ester groups is 2. The Bertz CT molecular complexity index is 1800. The zero-order valence-electron chi connectivity index (χ0n) is 60.6. The van der Waals surface area contributed by atoms with Gasteiger partial charge >= 0.3 is 39.5 Å². The zero-order valence-corrected chi connectivity index (χ0v) is 62.3. The number of hydrogen-bond acceptors (Lipinski definition) is 15. The molecule has 19 heteroatoms. The first-order valence-corrected chi connectivity index (χ1v) is 41.5. The number of phosphoric acid groups is 2. The van der Waals surface area contributed by atoms with Crippen LogP contribution in [0.25, 0.3) is 0 Å². The second kappa shape index (κ2) is 66.0. The lowest BCUT2D eigenvalue weighted by Crippen LogP contribution is -2.30. The molecule has 0 amide bonds. The summed E-state index contributed by atoms with van der Waals surface area (Å²) in [6.07, 6.45) is 53.1. The van der Waals surface area contributed by atoms with Crippen LogP contribution in [0.1, 0.15) is 382 Å². The first kappa shape index (κ1) is 91.1. The Balaban J connectivity index is 5.17. The zero-order chi connectivity index (χ0) is 68.6. The minimum atomic E-state index is -4.95. The Hall–Kier alpha value is -1.94. The van der Waals surface area contributed by atoms with Crippen molar-refractivity contribution in [1.29, 1.82) is 0 Å². The van der Waals surface area contributed by atoms with Gasteiger partial charge in [-0.15, -0.1) is 0 Å². The van der Waals surface area contributed by atoms with Crippen LogP contribution in [0.15, 0.2) is 0 Å². The lowest BCUT2D eigenvalue weighted by Gasteiger charge is -2.21. The van der Waals surface area contributed by atoms with Crippen LogP contribution < -0.4 is 0 Å². The lowest BCUT2D eigenvalue weighted by molar-refractivity contribution is -0.161. The molecule has 0 aliphatic rings. The summed E-state index contributed by atoms with van der Waals surface area (Å²) >= 11 is 0. The third-order valence-corrected chi connectivity index (χ3v) is 19.1. The Morgan fingerprint density at radius 3 is 0.731 bits per heavy atom. The van der Waals surface area contributed by atoms with Gasteiger partial charge in [-0.1, -0.05) is 330 Å². The van der Waals surface area contributed by atoms with Crippen molar-refractivity contribution in [2.45, 2.75) is 400 Å². The molecule has 0 bridgehead atoms. The summed E-state index contributed by atoms with van der Waals surface area (Å²) in [5, 5.41) is 10.6. The molecule has 0 fully saturated rings. The quantitative estimate of drug-likeness (QED) is 0.0222. The van der Waals surface area contributed by atoms with Gasteiger partial charge in [0.05, 0.1) is 26.4 Å². The Kier molecular flexibility index (Phi) is 64.6. The monoisotopic (exact) mass is 1370 g/mol. The van der Waals surface area contributed by atoms with Crippen molar-refractivity contribution in [3.05, 3.63) is 0 Å². The summed E-state index contributed by atoms with van der Waals surface area (Å²) in [5.74, 6) is -0.726. The maximum atomic E-state index is 13.1. The second-order valence-electron chi connectivity index (χ2n) is 27.6. The number of rotatable bonds is 73. The molecule has 0 radical (unpaired) electrons. The van der Waals surface area contributed by atoms with Crippen molar-refractivity contribution in [2.24, 2.45) is 11.8 Å². The van der Waals surface area contributed by atoms with Gasteiger partial charge in [0.1, 0.15) is 19.3 Å². The van der Waals surface area contributed by atoms with Crippen LogP contribution in [0.5, 0.6) is 0 Å². The van der Waals surface area contributed by atoms with Gasteiger partial charge in [0.2, 0.25) is 0 Å². The number of ether oxygens (including phenoxy) is 4. The predicted molar refractivity (Wildman–Crippen MR) is 377 cm³/mol. The van der Waals surface area contributed by atoms with Crippen molar-refractivity contribution >= 4 is 39.5 Å². The van der Waals surface area contributed by atoms with E-state index >= 15 is 0 Å². The SMILES string of the molecule is CCCCCCCCCCCCCCCCCCCCCCCC(=O)O[C@H](COC(=O)CCCCCCCCCCCCCC)COP(=O)(O)OC[C@@H](O)COP(=O)(O)OC[C@@H](COC(=O)CCCCCCCCC(C)C)OC(=O)CCCCCCCCCCC(C)C. The number of carbonyl (C=O) groups excluding carboxylic acids is 4. The van der Waals surface area contributed by atoms with Crippen molar-refractivity contribution in [2.75, 3.05) is 39.6 Å². The van der Waals surface area contributed by atoms with Crippen LogP contribution in [0.3, 0.4) is 0 Å². The molecule has 0 aliphatic heterocycles. The van der Waals surface area contributed by atoms with E-state index in [-0.39, 0.29) is 25.7 Å². The topological polar surface area (TPSA) is 237 Å². The molecule has 0 aromatic carbocycles. The van der Waals surface area contributed by atoms with Crippen LogP contribution in [0.4, 0.5) is 0 Å². The van der Waals surface area contributed by atoms with E-state index in [0.29, 0.717) is 31.6 Å². The van der Waals surface area contributed by atoms with Gasteiger partial charge in [-0.25, -0.2) is 9.13 Å². The fraction of sp³-hybridized carbons (Fsp3) is 0.946. The minimum absolute atomic E-state index is 0.104. The molecule has 93 heavy (non-hydrogen) atoms. The van der Waals surface area contributed by atoms with Gasteiger partial charge in [0, 0.05) is 25.7 Å². The summed E-state index contributed by atoms with van der Waals surface area (Å²) in [4.78, 5) is 72.6. The Morgan fingerprint density at radius 2 is 0.495 bits per heavy atom. The van der Waals surface area contributed by atoms with Crippen molar-refractivity contribution in [1.82, 2.24) is 0 Å². The fourth-order valence-corrected chi connectivity index (χ4v) is 12.9. The highest BCUT2D eigenvalue weighted by Crippen LogP contribution is 2.45. The van der Waals surface area contributed by atoms with E-state index in [2.05, 4.69) is 41.5 Å². The van der Waals surface area contributed by atoms with Crippen LogP contribution >= 0.6 is 15.6 Å². The van der Waals surface area contributed by atoms with Gasteiger partial charge in [0.25, 0.3) is 0 Å². The molecule has 0 saturated carbocycles. The highest BCUT2D eigenvalue weighted by Gasteiger charge is 2.30. The van der Waals surface area contributed by atoms with Crippen molar-refractivity contribution in [3.63, 3.8) is 0 Å². The number of unbranched alkanes of at least 4 members (excludes halogenated alkanes) is 43. The number of aliphatic hydroxyl groups excluding tert-OH is 1. The van der Waals surface area contributed by atoms with Crippen molar-refractivity contribution < 1.29 is 80.2 Å². The summed E-state index contributed by atoms with van der Waals surface area (Å²) in [6.45, 7) is 9.45. The van der Waals surface area contributed by atoms with E-state index in [1.807, 2.05) is 0 Å². The average Bonchev–Trinajstić information content (AvgIpc) is 1.97. The van der Waals surface area contributed by atoms with Gasteiger partial charge < -0.3 is 33.8 Å². The molecule has 17 nitrogen and oxygen atoms in total. The average molecular weight is 1370 g/mol. The number of aliphatic hydroxyl groups is 1. The Morgan fingerprint density at radius 1 is 0.290 bits per heavy atom. The number of carbonyl (C=O) groups is 4. The molecule has 2 unspecified atom stereocenters.